The third kappa shape index (κ3) is 2.52. The van der Waals surface area contributed by atoms with E-state index < -0.39 is 0 Å². The molecule has 0 radical (unpaired) electrons. The molecule has 2 unspecified atom stereocenters. The van der Waals surface area contributed by atoms with Crippen molar-refractivity contribution in [3.8, 4) is 5.75 Å². The van der Waals surface area contributed by atoms with E-state index in [-0.39, 0.29) is 12.0 Å². The molecule has 2 aromatic carbocycles. The number of hydrazine groups is 1. The lowest BCUT2D eigenvalue weighted by Gasteiger charge is -2.22. The summed E-state index contributed by atoms with van der Waals surface area (Å²) in [6.45, 7) is 0.651. The van der Waals surface area contributed by atoms with Crippen LogP contribution in [0.25, 0.3) is 0 Å². The van der Waals surface area contributed by atoms with E-state index in [0.29, 0.717) is 6.61 Å². The fourth-order valence-electron chi connectivity index (χ4n) is 2.74. The molecule has 3 N–H and O–H groups in total. The summed E-state index contributed by atoms with van der Waals surface area (Å²) >= 11 is 6.23. The highest BCUT2D eigenvalue weighted by Crippen LogP contribution is 2.36. The fraction of sp³-hybridized carbons (Fsp3) is 0.250. The van der Waals surface area contributed by atoms with Gasteiger partial charge >= 0.3 is 0 Å². The van der Waals surface area contributed by atoms with E-state index in [1.165, 1.54) is 5.56 Å². The fourth-order valence-corrected chi connectivity index (χ4v) is 2.95. The van der Waals surface area contributed by atoms with Gasteiger partial charge in [-0.2, -0.15) is 0 Å². The van der Waals surface area contributed by atoms with E-state index in [1.54, 1.807) is 0 Å². The smallest absolute Gasteiger partial charge is 0.122 e. The molecule has 4 heteroatoms. The van der Waals surface area contributed by atoms with Gasteiger partial charge in [0, 0.05) is 22.5 Å². The van der Waals surface area contributed by atoms with Crippen LogP contribution in [0.5, 0.6) is 5.75 Å². The monoisotopic (exact) mass is 288 g/mol. The maximum absolute atomic E-state index is 6.23. The summed E-state index contributed by atoms with van der Waals surface area (Å²) in [7, 11) is 0. The molecule has 3 rings (SSSR count). The van der Waals surface area contributed by atoms with E-state index in [4.69, 9.17) is 22.2 Å². The van der Waals surface area contributed by atoms with Crippen molar-refractivity contribution < 1.29 is 4.74 Å². The highest BCUT2D eigenvalue weighted by Gasteiger charge is 2.30. The number of hydrogen-bond acceptors (Lipinski definition) is 3. The number of hydrogen-bond donors (Lipinski definition) is 2. The van der Waals surface area contributed by atoms with Crippen molar-refractivity contribution in [1.29, 1.82) is 0 Å². The van der Waals surface area contributed by atoms with Gasteiger partial charge in [0.25, 0.3) is 0 Å². The summed E-state index contributed by atoms with van der Waals surface area (Å²) in [4.78, 5) is 0. The normalized spacial score (nSPS) is 18.4. The Morgan fingerprint density at radius 2 is 1.95 bits per heavy atom. The second-order valence-electron chi connectivity index (χ2n) is 5.02. The first-order valence-electron chi connectivity index (χ1n) is 6.71. The molecular weight excluding hydrogens is 272 g/mol. The summed E-state index contributed by atoms with van der Waals surface area (Å²) in [6.07, 6.45) is 0.776. The first-order chi connectivity index (χ1) is 9.79. The maximum atomic E-state index is 6.23. The van der Waals surface area contributed by atoms with Gasteiger partial charge in [0.2, 0.25) is 0 Å². The number of rotatable bonds is 4. The molecule has 20 heavy (non-hydrogen) atoms. The quantitative estimate of drug-likeness (QED) is 0.672. The molecule has 0 aromatic heterocycles. The van der Waals surface area contributed by atoms with E-state index >= 15 is 0 Å². The molecule has 3 nitrogen and oxygen atoms in total. The zero-order valence-electron chi connectivity index (χ0n) is 11.1. The minimum atomic E-state index is 0.0959. The van der Waals surface area contributed by atoms with Crippen LogP contribution < -0.4 is 16.0 Å². The maximum Gasteiger partial charge on any atom is 0.122 e. The third-order valence-electron chi connectivity index (χ3n) is 3.83. The number of nitrogens with two attached hydrogens (primary N) is 1. The van der Waals surface area contributed by atoms with Gasteiger partial charge < -0.3 is 4.74 Å². The molecule has 2 atom stereocenters. The van der Waals surface area contributed by atoms with Crippen molar-refractivity contribution in [2.24, 2.45) is 5.84 Å². The lowest BCUT2D eigenvalue weighted by Crippen LogP contribution is -2.42. The predicted octanol–water partition coefficient (Wildman–Crippen LogP) is 2.89. The summed E-state index contributed by atoms with van der Waals surface area (Å²) in [5.74, 6) is 6.96. The van der Waals surface area contributed by atoms with Crippen molar-refractivity contribution in [2.75, 3.05) is 6.61 Å². The highest BCUT2D eigenvalue weighted by molar-refractivity contribution is 6.31. The van der Waals surface area contributed by atoms with Gasteiger partial charge in [0.1, 0.15) is 5.75 Å². The lowest BCUT2D eigenvalue weighted by atomic mass is 9.89. The number of halogens is 1. The van der Waals surface area contributed by atoms with Crippen molar-refractivity contribution in [3.05, 3.63) is 64.7 Å². The molecule has 2 aromatic rings. The first-order valence-corrected chi connectivity index (χ1v) is 7.08. The highest BCUT2D eigenvalue weighted by atomic mass is 35.5. The zero-order chi connectivity index (χ0) is 13.9. The topological polar surface area (TPSA) is 47.3 Å². The molecule has 0 spiro atoms. The second kappa shape index (κ2) is 5.83. The second-order valence-corrected chi connectivity index (χ2v) is 5.43. The molecule has 1 heterocycles. The Kier molecular flexibility index (Phi) is 3.92. The van der Waals surface area contributed by atoms with Crippen LogP contribution in [0, 0.1) is 0 Å². The van der Waals surface area contributed by atoms with Crippen LogP contribution in [0.15, 0.2) is 48.5 Å². The molecule has 104 valence electrons. The number of benzene rings is 2. The third-order valence-corrected chi connectivity index (χ3v) is 4.20. The first kappa shape index (κ1) is 13.4. The molecule has 0 saturated carbocycles. The molecular formula is C16H17ClN2O. The van der Waals surface area contributed by atoms with Crippen molar-refractivity contribution in [2.45, 2.75) is 18.4 Å². The van der Waals surface area contributed by atoms with Crippen molar-refractivity contribution in [1.82, 2.24) is 5.43 Å². The Hall–Kier alpha value is -1.55. The van der Waals surface area contributed by atoms with Crippen LogP contribution in [0.1, 0.15) is 17.0 Å². The minimum Gasteiger partial charge on any atom is -0.493 e. The van der Waals surface area contributed by atoms with E-state index in [9.17, 15) is 0 Å². The Balaban J connectivity index is 1.83. The molecule has 0 fully saturated rings. The number of para-hydroxylation sites is 1. The van der Waals surface area contributed by atoms with Crippen molar-refractivity contribution >= 4 is 11.6 Å². The molecule has 1 aliphatic rings. The van der Waals surface area contributed by atoms with Crippen LogP contribution in [-0.2, 0) is 6.42 Å². The summed E-state index contributed by atoms with van der Waals surface area (Å²) in [5, 5.41) is 0.778. The van der Waals surface area contributed by atoms with Gasteiger partial charge in [0.05, 0.1) is 6.61 Å². The molecule has 0 bridgehead atoms. The summed E-state index contributed by atoms with van der Waals surface area (Å²) in [6, 6.07) is 16.1. The Bertz CT molecular complexity index is 603. The zero-order valence-corrected chi connectivity index (χ0v) is 11.8. The molecule has 1 aliphatic heterocycles. The molecule has 0 aliphatic carbocycles. The van der Waals surface area contributed by atoms with Crippen molar-refractivity contribution in [3.63, 3.8) is 0 Å². The van der Waals surface area contributed by atoms with Gasteiger partial charge in [-0.3, -0.25) is 11.3 Å². The molecule has 0 saturated heterocycles. The minimum absolute atomic E-state index is 0.0959. The van der Waals surface area contributed by atoms with Gasteiger partial charge in [-0.1, -0.05) is 48.0 Å². The number of fused-ring (bicyclic) bond motifs is 1. The van der Waals surface area contributed by atoms with Gasteiger partial charge in [0.15, 0.2) is 0 Å². The number of nitrogens with one attached hydrogen (secondary N) is 1. The van der Waals surface area contributed by atoms with E-state index in [2.05, 4.69) is 11.5 Å². The van der Waals surface area contributed by atoms with Gasteiger partial charge in [-0.05, 0) is 24.1 Å². The summed E-state index contributed by atoms with van der Waals surface area (Å²) in [5.41, 5.74) is 5.23. The van der Waals surface area contributed by atoms with Gasteiger partial charge in [-0.15, -0.1) is 0 Å². The average Bonchev–Trinajstić information content (AvgIpc) is 2.90. The van der Waals surface area contributed by atoms with Crippen LogP contribution >= 0.6 is 11.6 Å². The Labute approximate surface area is 123 Å². The largest absolute Gasteiger partial charge is 0.493 e. The van der Waals surface area contributed by atoms with Crippen LogP contribution in [0.3, 0.4) is 0 Å². The predicted molar refractivity (Wildman–Crippen MR) is 80.9 cm³/mol. The average molecular weight is 289 g/mol. The van der Waals surface area contributed by atoms with E-state index in [1.807, 2.05) is 42.5 Å². The Morgan fingerprint density at radius 1 is 1.20 bits per heavy atom. The van der Waals surface area contributed by atoms with Crippen LogP contribution in [0.4, 0.5) is 0 Å². The summed E-state index contributed by atoms with van der Waals surface area (Å²) < 4.78 is 5.73. The molecule has 0 amide bonds. The van der Waals surface area contributed by atoms with E-state index in [0.717, 1.165) is 22.8 Å². The Morgan fingerprint density at radius 3 is 2.75 bits per heavy atom. The van der Waals surface area contributed by atoms with Gasteiger partial charge in [-0.25, -0.2) is 0 Å². The van der Waals surface area contributed by atoms with Crippen LogP contribution in [-0.4, -0.2) is 12.6 Å². The van der Waals surface area contributed by atoms with Crippen LogP contribution in [0.2, 0.25) is 5.02 Å². The number of ether oxygens (including phenoxy) is 1. The standard InChI is InChI=1S/C16H17ClN2O/c17-14-7-3-1-5-11(14)9-15(19-18)13-10-20-16-8-4-2-6-12(13)16/h1-8,13,15,19H,9-10,18H2. The lowest BCUT2D eigenvalue weighted by molar-refractivity contribution is 0.297. The SMILES string of the molecule is NNC(Cc1ccccc1Cl)C1COc2ccccc21.